The Hall–Kier alpha value is -2.10. The Balaban J connectivity index is 2.00. The summed E-state index contributed by atoms with van der Waals surface area (Å²) in [5.74, 6) is -0.249. The highest BCUT2D eigenvalue weighted by molar-refractivity contribution is 5.84. The van der Waals surface area contributed by atoms with E-state index >= 15 is 0 Å². The average molecular weight is 243 g/mol. The van der Waals surface area contributed by atoms with Gasteiger partial charge in [0.15, 0.2) is 0 Å². The van der Waals surface area contributed by atoms with Crippen LogP contribution in [-0.4, -0.2) is 16.1 Å². The number of hydrogen-bond acceptors (Lipinski definition) is 3. The molecule has 0 aliphatic heterocycles. The molecule has 0 spiro atoms. The van der Waals surface area contributed by atoms with Gasteiger partial charge in [0, 0.05) is 6.20 Å². The zero-order valence-electron chi connectivity index (χ0n) is 9.80. The summed E-state index contributed by atoms with van der Waals surface area (Å²) in [7, 11) is 0. The van der Waals surface area contributed by atoms with Crippen LogP contribution in [-0.2, 0) is 6.42 Å². The molecule has 92 valence electrons. The molecule has 0 aromatic carbocycles. The van der Waals surface area contributed by atoms with Crippen LogP contribution in [0, 0.1) is 0 Å². The standard InChI is InChI=1S/C14H13NO3/c16-14(17)12-7-6-11(18-12)10-5-1-3-9-4-2-8-15-13(9)10/h2,4,6-8,10H,1,3,5H2,(H,16,17). The van der Waals surface area contributed by atoms with Crippen molar-refractivity contribution in [3.8, 4) is 0 Å². The maximum absolute atomic E-state index is 10.8. The summed E-state index contributed by atoms with van der Waals surface area (Å²) in [6, 6.07) is 7.27. The third-order valence-electron chi connectivity index (χ3n) is 3.38. The van der Waals surface area contributed by atoms with Crippen molar-refractivity contribution in [2.75, 3.05) is 0 Å². The number of furan rings is 1. The number of aryl methyl sites for hydroxylation is 1. The molecule has 4 heteroatoms. The van der Waals surface area contributed by atoms with Crippen molar-refractivity contribution >= 4 is 5.97 Å². The first kappa shape index (κ1) is 11.0. The first-order valence-corrected chi connectivity index (χ1v) is 6.02. The molecule has 0 saturated heterocycles. The molecule has 0 amide bonds. The van der Waals surface area contributed by atoms with Gasteiger partial charge in [-0.3, -0.25) is 4.98 Å². The largest absolute Gasteiger partial charge is 0.475 e. The highest BCUT2D eigenvalue weighted by atomic mass is 16.4. The molecule has 0 fully saturated rings. The lowest BCUT2D eigenvalue weighted by molar-refractivity contribution is 0.0659. The van der Waals surface area contributed by atoms with Crippen LogP contribution in [0.1, 0.15) is 46.3 Å². The molecule has 0 saturated carbocycles. The number of rotatable bonds is 2. The van der Waals surface area contributed by atoms with Crippen molar-refractivity contribution in [1.29, 1.82) is 0 Å². The van der Waals surface area contributed by atoms with Crippen LogP contribution in [0.3, 0.4) is 0 Å². The number of carboxylic acids is 1. The van der Waals surface area contributed by atoms with Gasteiger partial charge in [-0.1, -0.05) is 6.07 Å². The van der Waals surface area contributed by atoms with Crippen LogP contribution in [0.4, 0.5) is 0 Å². The second kappa shape index (κ2) is 4.29. The molecule has 3 rings (SSSR count). The maximum atomic E-state index is 10.8. The molecule has 1 N–H and O–H groups in total. The topological polar surface area (TPSA) is 63.3 Å². The Labute approximate surface area is 104 Å². The van der Waals surface area contributed by atoms with Crippen molar-refractivity contribution in [3.05, 3.63) is 53.2 Å². The second-order valence-corrected chi connectivity index (χ2v) is 4.50. The normalized spacial score (nSPS) is 18.3. The molecule has 4 nitrogen and oxygen atoms in total. The van der Waals surface area contributed by atoms with Crippen LogP contribution in [0.5, 0.6) is 0 Å². The second-order valence-electron chi connectivity index (χ2n) is 4.50. The predicted octanol–water partition coefficient (Wildman–Crippen LogP) is 2.84. The summed E-state index contributed by atoms with van der Waals surface area (Å²) in [6.07, 6.45) is 4.84. The van der Waals surface area contributed by atoms with E-state index in [0.717, 1.165) is 25.0 Å². The summed E-state index contributed by atoms with van der Waals surface area (Å²) in [4.78, 5) is 15.3. The minimum absolute atomic E-state index is 0.00643. The minimum Gasteiger partial charge on any atom is -0.475 e. The Morgan fingerprint density at radius 1 is 1.39 bits per heavy atom. The van der Waals surface area contributed by atoms with Crippen molar-refractivity contribution in [3.63, 3.8) is 0 Å². The molecule has 1 aliphatic rings. The van der Waals surface area contributed by atoms with E-state index < -0.39 is 5.97 Å². The fraction of sp³-hybridized carbons (Fsp3) is 0.286. The van der Waals surface area contributed by atoms with Crippen molar-refractivity contribution in [1.82, 2.24) is 4.98 Å². The summed E-state index contributed by atoms with van der Waals surface area (Å²) < 4.78 is 5.40. The van der Waals surface area contributed by atoms with Crippen LogP contribution in [0.25, 0.3) is 0 Å². The van der Waals surface area contributed by atoms with E-state index in [9.17, 15) is 4.79 Å². The summed E-state index contributed by atoms with van der Waals surface area (Å²) in [5, 5.41) is 8.88. The van der Waals surface area contributed by atoms with Gasteiger partial charge in [-0.15, -0.1) is 0 Å². The van der Waals surface area contributed by atoms with E-state index in [1.165, 1.54) is 11.6 Å². The monoisotopic (exact) mass is 243 g/mol. The molecular formula is C14H13NO3. The van der Waals surface area contributed by atoms with Gasteiger partial charge in [-0.25, -0.2) is 4.79 Å². The van der Waals surface area contributed by atoms with E-state index in [4.69, 9.17) is 9.52 Å². The number of nitrogens with zero attached hydrogens (tertiary/aromatic N) is 1. The van der Waals surface area contributed by atoms with Crippen LogP contribution >= 0.6 is 0 Å². The lowest BCUT2D eigenvalue weighted by atomic mass is 9.85. The van der Waals surface area contributed by atoms with E-state index in [-0.39, 0.29) is 11.7 Å². The number of hydrogen-bond donors (Lipinski definition) is 1. The zero-order valence-corrected chi connectivity index (χ0v) is 9.80. The minimum atomic E-state index is -1.03. The quantitative estimate of drug-likeness (QED) is 0.880. The number of carboxylic acid groups (broad SMARTS) is 1. The molecule has 0 bridgehead atoms. The first-order valence-electron chi connectivity index (χ1n) is 6.02. The molecule has 2 aromatic heterocycles. The molecular weight excluding hydrogens is 230 g/mol. The van der Waals surface area contributed by atoms with Crippen molar-refractivity contribution in [2.45, 2.75) is 25.2 Å². The number of carbonyl (C=O) groups is 1. The Kier molecular flexibility index (Phi) is 2.63. The summed E-state index contributed by atoms with van der Waals surface area (Å²) in [5.41, 5.74) is 2.26. The summed E-state index contributed by atoms with van der Waals surface area (Å²) in [6.45, 7) is 0. The Morgan fingerprint density at radius 2 is 2.28 bits per heavy atom. The average Bonchev–Trinajstić information content (AvgIpc) is 2.87. The number of aromatic carboxylic acids is 1. The molecule has 1 aliphatic carbocycles. The predicted molar refractivity (Wildman–Crippen MR) is 64.7 cm³/mol. The molecule has 18 heavy (non-hydrogen) atoms. The molecule has 2 aromatic rings. The number of aromatic nitrogens is 1. The Bertz CT molecular complexity index is 588. The zero-order chi connectivity index (χ0) is 12.5. The molecule has 1 atom stereocenters. The highest BCUT2D eigenvalue weighted by Gasteiger charge is 2.26. The molecule has 2 heterocycles. The molecule has 1 unspecified atom stereocenters. The maximum Gasteiger partial charge on any atom is 0.371 e. The highest BCUT2D eigenvalue weighted by Crippen LogP contribution is 2.35. The fourth-order valence-corrected chi connectivity index (χ4v) is 2.54. The number of fused-ring (bicyclic) bond motifs is 1. The van der Waals surface area contributed by atoms with E-state index in [2.05, 4.69) is 11.1 Å². The van der Waals surface area contributed by atoms with E-state index in [0.29, 0.717) is 5.76 Å². The molecule has 0 radical (unpaired) electrons. The fourth-order valence-electron chi connectivity index (χ4n) is 2.54. The van der Waals surface area contributed by atoms with Gasteiger partial charge >= 0.3 is 5.97 Å². The van der Waals surface area contributed by atoms with Gasteiger partial charge in [0.05, 0.1) is 11.6 Å². The third kappa shape index (κ3) is 1.79. The van der Waals surface area contributed by atoms with Gasteiger partial charge in [0.25, 0.3) is 0 Å². The third-order valence-corrected chi connectivity index (χ3v) is 3.38. The lowest BCUT2D eigenvalue weighted by Crippen LogP contribution is -2.12. The van der Waals surface area contributed by atoms with E-state index in [1.807, 2.05) is 6.07 Å². The number of pyridine rings is 1. The van der Waals surface area contributed by atoms with Crippen LogP contribution in [0.2, 0.25) is 0 Å². The summed E-state index contributed by atoms with van der Waals surface area (Å²) >= 11 is 0. The van der Waals surface area contributed by atoms with Gasteiger partial charge in [-0.2, -0.15) is 0 Å². The van der Waals surface area contributed by atoms with Crippen LogP contribution in [0.15, 0.2) is 34.9 Å². The lowest BCUT2D eigenvalue weighted by Gasteiger charge is -2.22. The smallest absolute Gasteiger partial charge is 0.371 e. The van der Waals surface area contributed by atoms with E-state index in [1.54, 1.807) is 12.3 Å². The van der Waals surface area contributed by atoms with Crippen molar-refractivity contribution < 1.29 is 14.3 Å². The first-order chi connectivity index (χ1) is 8.75. The van der Waals surface area contributed by atoms with Crippen LogP contribution < -0.4 is 0 Å². The Morgan fingerprint density at radius 3 is 3.06 bits per heavy atom. The van der Waals surface area contributed by atoms with Gasteiger partial charge < -0.3 is 9.52 Å². The van der Waals surface area contributed by atoms with Gasteiger partial charge in [-0.05, 0) is 43.0 Å². The SMILES string of the molecule is O=C(O)c1ccc(C2CCCc3cccnc32)o1. The van der Waals surface area contributed by atoms with Gasteiger partial charge in [0.2, 0.25) is 5.76 Å². The van der Waals surface area contributed by atoms with Crippen molar-refractivity contribution in [2.24, 2.45) is 0 Å². The van der Waals surface area contributed by atoms with Gasteiger partial charge in [0.1, 0.15) is 5.76 Å².